The van der Waals surface area contributed by atoms with Crippen molar-refractivity contribution in [2.24, 2.45) is 5.73 Å². The molecule has 106 valence electrons. The zero-order valence-electron chi connectivity index (χ0n) is 11.3. The quantitative estimate of drug-likeness (QED) is 0.826. The van der Waals surface area contributed by atoms with Crippen LogP contribution in [0.4, 0.5) is 4.39 Å². The maximum Gasteiger partial charge on any atom is 0.123 e. The Labute approximate surface area is 128 Å². The largest absolute Gasteiger partial charge is 0.327 e. The van der Waals surface area contributed by atoms with E-state index < -0.39 is 0 Å². The number of hydrogen-bond acceptors (Lipinski definition) is 2. The third kappa shape index (κ3) is 4.51. The molecule has 1 atom stereocenters. The summed E-state index contributed by atoms with van der Waals surface area (Å²) in [4.78, 5) is 1.15. The molecule has 0 aliphatic rings. The average molecular weight is 310 g/mol. The topological polar surface area (TPSA) is 26.0 Å². The van der Waals surface area contributed by atoms with Gasteiger partial charge in [0.05, 0.1) is 0 Å². The highest BCUT2D eigenvalue weighted by Crippen LogP contribution is 2.22. The van der Waals surface area contributed by atoms with Gasteiger partial charge in [-0.25, -0.2) is 4.39 Å². The molecule has 0 spiro atoms. The minimum atomic E-state index is -0.199. The van der Waals surface area contributed by atoms with Crippen molar-refractivity contribution in [3.8, 4) is 0 Å². The molecule has 2 rings (SSSR count). The van der Waals surface area contributed by atoms with Crippen LogP contribution in [-0.2, 0) is 6.42 Å². The molecule has 0 bridgehead atoms. The number of rotatable bonds is 5. The maximum atomic E-state index is 13.0. The zero-order valence-corrected chi connectivity index (χ0v) is 12.8. The van der Waals surface area contributed by atoms with Crippen LogP contribution in [0.25, 0.3) is 0 Å². The molecule has 0 aliphatic heterocycles. The lowest BCUT2D eigenvalue weighted by molar-refractivity contribution is 0.624. The first-order chi connectivity index (χ1) is 9.54. The van der Waals surface area contributed by atoms with E-state index in [1.165, 1.54) is 6.07 Å². The lowest BCUT2D eigenvalue weighted by Gasteiger charge is -2.13. The molecule has 1 unspecified atom stereocenters. The van der Waals surface area contributed by atoms with Gasteiger partial charge in [-0.2, -0.15) is 0 Å². The van der Waals surface area contributed by atoms with Crippen LogP contribution in [-0.4, -0.2) is 11.8 Å². The van der Waals surface area contributed by atoms with Gasteiger partial charge in [0, 0.05) is 21.7 Å². The summed E-state index contributed by atoms with van der Waals surface area (Å²) in [6, 6.07) is 12.6. The highest BCUT2D eigenvalue weighted by Gasteiger charge is 2.08. The predicted molar refractivity (Wildman–Crippen MR) is 85.0 cm³/mol. The Hall–Kier alpha value is -1.03. The fraction of sp³-hybridized carbons (Fsp3) is 0.250. The molecule has 0 heterocycles. The lowest BCUT2D eigenvalue weighted by atomic mass is 10.0. The third-order valence-electron chi connectivity index (χ3n) is 3.06. The maximum absolute atomic E-state index is 13.0. The SMILES string of the molecule is Cc1cc(F)ccc1CC(N)CSc1ccc(Cl)cc1. The first kappa shape index (κ1) is 15.4. The molecule has 0 aromatic heterocycles. The van der Waals surface area contributed by atoms with Crippen molar-refractivity contribution >= 4 is 23.4 Å². The van der Waals surface area contributed by atoms with E-state index in [-0.39, 0.29) is 11.9 Å². The second-order valence-corrected chi connectivity index (χ2v) is 6.33. The Morgan fingerprint density at radius 2 is 1.90 bits per heavy atom. The van der Waals surface area contributed by atoms with Gasteiger partial charge in [0.2, 0.25) is 0 Å². The van der Waals surface area contributed by atoms with Gasteiger partial charge in [0.1, 0.15) is 5.82 Å². The number of benzene rings is 2. The van der Waals surface area contributed by atoms with Crippen molar-refractivity contribution in [1.29, 1.82) is 0 Å². The first-order valence-corrected chi connectivity index (χ1v) is 7.80. The Morgan fingerprint density at radius 1 is 1.20 bits per heavy atom. The molecule has 0 amide bonds. The van der Waals surface area contributed by atoms with Crippen LogP contribution in [0.1, 0.15) is 11.1 Å². The third-order valence-corrected chi connectivity index (χ3v) is 4.52. The molecule has 0 radical (unpaired) electrons. The molecular formula is C16H17ClFNS. The predicted octanol–water partition coefficient (Wildman–Crippen LogP) is 4.45. The summed E-state index contributed by atoms with van der Waals surface area (Å²) >= 11 is 7.56. The Kier molecular flexibility index (Phi) is 5.46. The molecule has 2 aromatic rings. The van der Waals surface area contributed by atoms with Crippen molar-refractivity contribution in [2.75, 3.05) is 5.75 Å². The minimum Gasteiger partial charge on any atom is -0.327 e. The summed E-state index contributed by atoms with van der Waals surface area (Å²) in [5.74, 6) is 0.619. The first-order valence-electron chi connectivity index (χ1n) is 6.43. The molecule has 1 nitrogen and oxygen atoms in total. The summed E-state index contributed by atoms with van der Waals surface area (Å²) in [7, 11) is 0. The Morgan fingerprint density at radius 3 is 2.55 bits per heavy atom. The van der Waals surface area contributed by atoms with Crippen LogP contribution in [0.5, 0.6) is 0 Å². The highest BCUT2D eigenvalue weighted by atomic mass is 35.5. The van der Waals surface area contributed by atoms with Crippen LogP contribution in [0.15, 0.2) is 47.4 Å². The molecule has 20 heavy (non-hydrogen) atoms. The summed E-state index contributed by atoms with van der Waals surface area (Å²) < 4.78 is 13.0. The summed E-state index contributed by atoms with van der Waals surface area (Å²) in [6.45, 7) is 1.91. The number of nitrogens with two attached hydrogens (primary N) is 1. The van der Waals surface area contributed by atoms with Crippen molar-refractivity contribution in [1.82, 2.24) is 0 Å². The number of aryl methyl sites for hydroxylation is 1. The summed E-state index contributed by atoms with van der Waals surface area (Å²) in [6.07, 6.45) is 0.757. The number of halogens is 2. The van der Waals surface area contributed by atoms with E-state index in [0.717, 1.165) is 33.2 Å². The van der Waals surface area contributed by atoms with E-state index in [1.807, 2.05) is 37.3 Å². The number of thioether (sulfide) groups is 1. The van der Waals surface area contributed by atoms with Gasteiger partial charge >= 0.3 is 0 Å². The second kappa shape index (κ2) is 7.11. The van der Waals surface area contributed by atoms with E-state index in [0.29, 0.717) is 0 Å². The van der Waals surface area contributed by atoms with E-state index in [4.69, 9.17) is 17.3 Å². The van der Waals surface area contributed by atoms with E-state index in [9.17, 15) is 4.39 Å². The fourth-order valence-electron chi connectivity index (χ4n) is 1.96. The highest BCUT2D eigenvalue weighted by molar-refractivity contribution is 7.99. The Bertz CT molecular complexity index is 571. The second-order valence-electron chi connectivity index (χ2n) is 4.80. The minimum absolute atomic E-state index is 0.0415. The van der Waals surface area contributed by atoms with Crippen molar-refractivity contribution in [2.45, 2.75) is 24.3 Å². The van der Waals surface area contributed by atoms with Crippen molar-refractivity contribution < 1.29 is 4.39 Å². The molecular weight excluding hydrogens is 293 g/mol. The molecule has 2 aromatic carbocycles. The van der Waals surface area contributed by atoms with Crippen LogP contribution in [0, 0.1) is 12.7 Å². The zero-order chi connectivity index (χ0) is 14.5. The monoisotopic (exact) mass is 309 g/mol. The molecule has 0 saturated heterocycles. The van der Waals surface area contributed by atoms with E-state index in [1.54, 1.807) is 17.8 Å². The van der Waals surface area contributed by atoms with Crippen LogP contribution < -0.4 is 5.73 Å². The molecule has 0 fully saturated rings. The normalized spacial score (nSPS) is 12.4. The van der Waals surface area contributed by atoms with Gasteiger partial charge in [0.25, 0.3) is 0 Å². The van der Waals surface area contributed by atoms with Gasteiger partial charge in [-0.15, -0.1) is 11.8 Å². The van der Waals surface area contributed by atoms with Crippen LogP contribution in [0.3, 0.4) is 0 Å². The Balaban J connectivity index is 1.89. The molecule has 0 saturated carbocycles. The standard InChI is InChI=1S/C16H17ClFNS/c1-11-8-14(18)5-2-12(11)9-15(19)10-20-16-6-3-13(17)4-7-16/h2-8,15H,9-10,19H2,1H3. The summed E-state index contributed by atoms with van der Waals surface area (Å²) in [5, 5.41) is 0.737. The van der Waals surface area contributed by atoms with Gasteiger partial charge in [-0.3, -0.25) is 0 Å². The fourth-order valence-corrected chi connectivity index (χ4v) is 2.94. The molecule has 0 aliphatic carbocycles. The molecule has 2 N–H and O–H groups in total. The van der Waals surface area contributed by atoms with Crippen molar-refractivity contribution in [3.63, 3.8) is 0 Å². The van der Waals surface area contributed by atoms with Crippen molar-refractivity contribution in [3.05, 3.63) is 64.4 Å². The lowest BCUT2D eigenvalue weighted by Crippen LogP contribution is -2.25. The smallest absolute Gasteiger partial charge is 0.123 e. The van der Waals surface area contributed by atoms with Gasteiger partial charge in [-0.1, -0.05) is 17.7 Å². The van der Waals surface area contributed by atoms with Gasteiger partial charge in [0.15, 0.2) is 0 Å². The van der Waals surface area contributed by atoms with Gasteiger partial charge in [-0.05, 0) is 60.9 Å². The van der Waals surface area contributed by atoms with Crippen LogP contribution in [0.2, 0.25) is 5.02 Å². The number of hydrogen-bond donors (Lipinski definition) is 1. The summed E-state index contributed by atoms with van der Waals surface area (Å²) in [5.41, 5.74) is 8.21. The molecule has 4 heteroatoms. The van der Waals surface area contributed by atoms with E-state index >= 15 is 0 Å². The van der Waals surface area contributed by atoms with Gasteiger partial charge < -0.3 is 5.73 Å². The van der Waals surface area contributed by atoms with Crippen LogP contribution >= 0.6 is 23.4 Å². The van der Waals surface area contributed by atoms with E-state index in [2.05, 4.69) is 0 Å². The average Bonchev–Trinajstić information content (AvgIpc) is 2.41.